The number of nitrogens with zero attached hydrogens (tertiary/aromatic N) is 4. The number of aromatic nitrogens is 4. The third-order valence-corrected chi connectivity index (χ3v) is 5.65. The van der Waals surface area contributed by atoms with Gasteiger partial charge >= 0.3 is 0 Å². The van der Waals surface area contributed by atoms with Crippen LogP contribution < -0.4 is 5.32 Å². The standard InChI is InChI=1S/C24H22FN5/c25-20-10-7-18(8-11-20)22-15-23(30(29-22)24-26-13-4-14-27-24)19-9-12-21(28-16-19)17-5-2-1-3-6-17/h1-8,10-11,13-15,19,21,28H,9,12,16H2. The van der Waals surface area contributed by atoms with Crippen LogP contribution in [0.5, 0.6) is 0 Å². The Morgan fingerprint density at radius 1 is 0.900 bits per heavy atom. The molecule has 6 heteroatoms. The number of piperidine rings is 1. The molecule has 2 aromatic carbocycles. The zero-order valence-electron chi connectivity index (χ0n) is 16.4. The van der Waals surface area contributed by atoms with Gasteiger partial charge in [-0.25, -0.2) is 19.0 Å². The van der Waals surface area contributed by atoms with Crippen LogP contribution in [0.3, 0.4) is 0 Å². The van der Waals surface area contributed by atoms with E-state index in [0.29, 0.717) is 12.0 Å². The Morgan fingerprint density at radius 2 is 1.67 bits per heavy atom. The highest BCUT2D eigenvalue weighted by molar-refractivity contribution is 5.60. The lowest BCUT2D eigenvalue weighted by atomic mass is 9.89. The van der Waals surface area contributed by atoms with E-state index >= 15 is 0 Å². The first-order chi connectivity index (χ1) is 14.8. The Balaban J connectivity index is 1.46. The van der Waals surface area contributed by atoms with E-state index in [-0.39, 0.29) is 11.7 Å². The van der Waals surface area contributed by atoms with Crippen molar-refractivity contribution in [2.45, 2.75) is 24.8 Å². The first kappa shape index (κ1) is 18.6. The van der Waals surface area contributed by atoms with E-state index in [1.807, 2.05) is 10.7 Å². The van der Waals surface area contributed by atoms with Crippen molar-refractivity contribution in [1.82, 2.24) is 25.1 Å². The summed E-state index contributed by atoms with van der Waals surface area (Å²) in [6, 6.07) is 21.2. The van der Waals surface area contributed by atoms with Crippen molar-refractivity contribution in [1.29, 1.82) is 0 Å². The van der Waals surface area contributed by atoms with E-state index in [2.05, 4.69) is 45.6 Å². The molecule has 1 aliphatic heterocycles. The number of hydrogen-bond acceptors (Lipinski definition) is 4. The quantitative estimate of drug-likeness (QED) is 0.542. The van der Waals surface area contributed by atoms with Gasteiger partial charge < -0.3 is 5.32 Å². The van der Waals surface area contributed by atoms with Crippen LogP contribution in [0, 0.1) is 5.82 Å². The van der Waals surface area contributed by atoms with Crippen LogP contribution in [0.4, 0.5) is 4.39 Å². The maximum absolute atomic E-state index is 13.4. The molecule has 1 N–H and O–H groups in total. The summed E-state index contributed by atoms with van der Waals surface area (Å²) in [6.45, 7) is 0.848. The van der Waals surface area contributed by atoms with Gasteiger partial charge in [0, 0.05) is 36.5 Å². The van der Waals surface area contributed by atoms with Crippen molar-refractivity contribution in [3.8, 4) is 17.2 Å². The molecule has 0 spiro atoms. The van der Waals surface area contributed by atoms with Gasteiger partial charge in [-0.3, -0.25) is 0 Å². The third-order valence-electron chi connectivity index (χ3n) is 5.65. The summed E-state index contributed by atoms with van der Waals surface area (Å²) >= 11 is 0. The summed E-state index contributed by atoms with van der Waals surface area (Å²) in [7, 11) is 0. The minimum Gasteiger partial charge on any atom is -0.309 e. The first-order valence-corrected chi connectivity index (χ1v) is 10.2. The van der Waals surface area contributed by atoms with E-state index in [0.717, 1.165) is 36.3 Å². The molecular formula is C24H22FN5. The van der Waals surface area contributed by atoms with Gasteiger partial charge in [0.05, 0.1) is 11.4 Å². The van der Waals surface area contributed by atoms with Gasteiger partial charge in [0.1, 0.15) is 5.82 Å². The lowest BCUT2D eigenvalue weighted by molar-refractivity contribution is 0.365. The summed E-state index contributed by atoms with van der Waals surface area (Å²) in [5, 5.41) is 8.46. The molecule has 1 aliphatic rings. The molecular weight excluding hydrogens is 377 g/mol. The maximum Gasteiger partial charge on any atom is 0.250 e. The SMILES string of the molecule is Fc1ccc(-c2cc(C3CCC(c4ccccc4)NC3)n(-c3ncccn3)n2)cc1. The highest BCUT2D eigenvalue weighted by Gasteiger charge is 2.27. The highest BCUT2D eigenvalue weighted by atomic mass is 19.1. The van der Waals surface area contributed by atoms with Gasteiger partial charge in [0.25, 0.3) is 5.95 Å². The monoisotopic (exact) mass is 399 g/mol. The molecule has 5 rings (SSSR count). The van der Waals surface area contributed by atoms with Gasteiger partial charge in [-0.05, 0) is 54.8 Å². The van der Waals surface area contributed by atoms with Gasteiger partial charge in [-0.1, -0.05) is 30.3 Å². The Hall–Kier alpha value is -3.38. The summed E-state index contributed by atoms with van der Waals surface area (Å²) in [5.41, 5.74) is 4.06. The van der Waals surface area contributed by atoms with E-state index in [1.165, 1.54) is 17.7 Å². The third kappa shape index (κ3) is 3.74. The van der Waals surface area contributed by atoms with Crippen LogP contribution >= 0.6 is 0 Å². The number of nitrogens with one attached hydrogen (secondary N) is 1. The molecule has 30 heavy (non-hydrogen) atoms. The molecule has 2 unspecified atom stereocenters. The molecule has 150 valence electrons. The summed E-state index contributed by atoms with van der Waals surface area (Å²) in [4.78, 5) is 8.79. The first-order valence-electron chi connectivity index (χ1n) is 10.2. The Morgan fingerprint density at radius 3 is 2.37 bits per heavy atom. The second-order valence-electron chi connectivity index (χ2n) is 7.57. The molecule has 1 fully saturated rings. The maximum atomic E-state index is 13.4. The van der Waals surface area contributed by atoms with Crippen molar-refractivity contribution in [2.75, 3.05) is 6.54 Å². The van der Waals surface area contributed by atoms with E-state index in [9.17, 15) is 4.39 Å². The fraction of sp³-hybridized carbons (Fsp3) is 0.208. The zero-order valence-corrected chi connectivity index (χ0v) is 16.4. The molecule has 2 aromatic heterocycles. The topological polar surface area (TPSA) is 55.6 Å². The highest BCUT2D eigenvalue weighted by Crippen LogP contribution is 2.34. The minimum atomic E-state index is -0.256. The summed E-state index contributed by atoms with van der Waals surface area (Å²) in [6.07, 6.45) is 5.52. The van der Waals surface area contributed by atoms with Crippen LogP contribution in [-0.2, 0) is 0 Å². The molecule has 0 bridgehead atoms. The van der Waals surface area contributed by atoms with Crippen LogP contribution in [0.1, 0.15) is 36.1 Å². The van der Waals surface area contributed by atoms with Gasteiger partial charge in [-0.15, -0.1) is 0 Å². The molecule has 0 saturated carbocycles. The fourth-order valence-electron chi connectivity index (χ4n) is 4.09. The lowest BCUT2D eigenvalue weighted by Crippen LogP contribution is -2.33. The Labute approximate surface area is 174 Å². The van der Waals surface area contributed by atoms with Crippen molar-refractivity contribution >= 4 is 0 Å². The number of rotatable bonds is 4. The number of halogens is 1. The van der Waals surface area contributed by atoms with Crippen LogP contribution in [0.2, 0.25) is 0 Å². The molecule has 3 heterocycles. The summed E-state index contributed by atoms with van der Waals surface area (Å²) in [5.74, 6) is 0.578. The molecule has 4 aromatic rings. The molecule has 2 atom stereocenters. The minimum absolute atomic E-state index is 0.256. The molecule has 0 aliphatic carbocycles. The number of benzene rings is 2. The van der Waals surface area contributed by atoms with Gasteiger partial charge in [-0.2, -0.15) is 5.10 Å². The fourth-order valence-corrected chi connectivity index (χ4v) is 4.09. The van der Waals surface area contributed by atoms with Crippen molar-refractivity contribution in [2.24, 2.45) is 0 Å². The second kappa shape index (κ2) is 8.16. The zero-order chi connectivity index (χ0) is 20.3. The van der Waals surface area contributed by atoms with Gasteiger partial charge in [0.2, 0.25) is 0 Å². The van der Waals surface area contributed by atoms with E-state index in [1.54, 1.807) is 30.6 Å². The smallest absolute Gasteiger partial charge is 0.250 e. The predicted molar refractivity (Wildman–Crippen MR) is 114 cm³/mol. The average molecular weight is 399 g/mol. The normalized spacial score (nSPS) is 19.0. The van der Waals surface area contributed by atoms with E-state index < -0.39 is 0 Å². The summed E-state index contributed by atoms with van der Waals surface area (Å²) < 4.78 is 15.2. The van der Waals surface area contributed by atoms with Gasteiger partial charge in [0.15, 0.2) is 0 Å². The van der Waals surface area contributed by atoms with Crippen LogP contribution in [0.25, 0.3) is 17.2 Å². The second-order valence-corrected chi connectivity index (χ2v) is 7.57. The molecule has 1 saturated heterocycles. The van der Waals surface area contributed by atoms with Crippen molar-refractivity contribution < 1.29 is 4.39 Å². The molecule has 0 radical (unpaired) electrons. The van der Waals surface area contributed by atoms with E-state index in [4.69, 9.17) is 5.10 Å². The largest absolute Gasteiger partial charge is 0.309 e. The molecule has 5 nitrogen and oxygen atoms in total. The lowest BCUT2D eigenvalue weighted by Gasteiger charge is -2.30. The van der Waals surface area contributed by atoms with Crippen LogP contribution in [0.15, 0.2) is 79.1 Å². The van der Waals surface area contributed by atoms with Crippen molar-refractivity contribution in [3.63, 3.8) is 0 Å². The molecule has 0 amide bonds. The number of hydrogen-bond donors (Lipinski definition) is 1. The Kier molecular flexibility index (Phi) is 5.07. The Bertz CT molecular complexity index is 1100. The average Bonchev–Trinajstić information content (AvgIpc) is 3.26. The predicted octanol–water partition coefficient (Wildman–Crippen LogP) is 4.68. The van der Waals surface area contributed by atoms with Crippen LogP contribution in [-0.4, -0.2) is 26.3 Å². The van der Waals surface area contributed by atoms with Crippen molar-refractivity contribution in [3.05, 3.63) is 96.2 Å².